The lowest BCUT2D eigenvalue weighted by Crippen LogP contribution is -2.41. The van der Waals surface area contributed by atoms with E-state index in [1.807, 2.05) is 0 Å². The highest BCUT2D eigenvalue weighted by atomic mass is 19.4. The molecule has 0 aliphatic carbocycles. The zero-order valence-electron chi connectivity index (χ0n) is 10.2. The van der Waals surface area contributed by atoms with Crippen LogP contribution in [0.3, 0.4) is 0 Å². The van der Waals surface area contributed by atoms with E-state index in [0.717, 1.165) is 12.1 Å². The maximum absolute atomic E-state index is 12.5. The first-order valence-corrected chi connectivity index (χ1v) is 5.51. The minimum Gasteiger partial charge on any atom is -0.464 e. The fraction of sp³-hybridized carbons (Fsp3) is 0.417. The van der Waals surface area contributed by atoms with Gasteiger partial charge in [0.25, 0.3) is 0 Å². The summed E-state index contributed by atoms with van der Waals surface area (Å²) in [6.07, 6.45) is -6.44. The van der Waals surface area contributed by atoms with Crippen LogP contribution in [-0.2, 0) is 15.1 Å². The zero-order chi connectivity index (χ0) is 14.7. The molecule has 1 aromatic carbocycles. The van der Waals surface area contributed by atoms with E-state index in [-0.39, 0.29) is 12.2 Å². The molecule has 7 heteroatoms. The van der Waals surface area contributed by atoms with Crippen molar-refractivity contribution in [3.05, 3.63) is 29.8 Å². The molecule has 0 heterocycles. The first kappa shape index (κ1) is 15.3. The van der Waals surface area contributed by atoms with Crippen molar-refractivity contribution in [3.8, 4) is 0 Å². The Labute approximate surface area is 108 Å². The fourth-order valence-corrected chi connectivity index (χ4v) is 1.59. The van der Waals surface area contributed by atoms with E-state index in [4.69, 9.17) is 5.73 Å². The summed E-state index contributed by atoms with van der Waals surface area (Å²) in [6.45, 7) is 1.31. The lowest BCUT2D eigenvalue weighted by atomic mass is 9.90. The molecule has 1 rings (SSSR count). The molecule has 1 aromatic rings. The van der Waals surface area contributed by atoms with E-state index in [9.17, 15) is 23.1 Å². The fourth-order valence-electron chi connectivity index (χ4n) is 1.59. The lowest BCUT2D eigenvalue weighted by Gasteiger charge is -2.27. The second-order valence-electron chi connectivity index (χ2n) is 3.99. The molecule has 4 nitrogen and oxygen atoms in total. The molecule has 0 bridgehead atoms. The number of alkyl halides is 3. The molecule has 0 aromatic heterocycles. The van der Waals surface area contributed by atoms with E-state index in [1.54, 1.807) is 0 Å². The van der Waals surface area contributed by atoms with Gasteiger partial charge in [-0.15, -0.1) is 0 Å². The normalized spacial score (nSPS) is 14.8. The monoisotopic (exact) mass is 277 g/mol. The average molecular weight is 277 g/mol. The maximum Gasteiger partial charge on any atom is 0.392 e. The first-order chi connectivity index (χ1) is 8.69. The summed E-state index contributed by atoms with van der Waals surface area (Å²) in [7, 11) is 0. The molecular weight excluding hydrogens is 263 g/mol. The molecule has 1 atom stereocenters. The maximum atomic E-state index is 12.5. The highest BCUT2D eigenvalue weighted by Gasteiger charge is 2.48. The van der Waals surface area contributed by atoms with Gasteiger partial charge in [0.05, 0.1) is 13.0 Å². The Kier molecular flexibility index (Phi) is 4.41. The standard InChI is InChI=1S/C12H14F3NO3/c1-2-19-10(17)11(18,7-12(13,14)15)8-3-5-9(16)6-4-8/h3-6,18H,2,7,16H2,1H3. The summed E-state index contributed by atoms with van der Waals surface area (Å²) in [5.41, 5.74) is 2.75. The number of halogens is 3. The molecule has 0 radical (unpaired) electrons. The van der Waals surface area contributed by atoms with Crippen LogP contribution >= 0.6 is 0 Å². The number of rotatable bonds is 4. The third-order valence-corrected chi connectivity index (χ3v) is 2.46. The van der Waals surface area contributed by atoms with Gasteiger partial charge in [-0.1, -0.05) is 12.1 Å². The third kappa shape index (κ3) is 3.85. The molecule has 3 N–H and O–H groups in total. The van der Waals surface area contributed by atoms with Gasteiger partial charge >= 0.3 is 12.1 Å². The van der Waals surface area contributed by atoms with Gasteiger partial charge in [-0.25, -0.2) is 4.79 Å². The number of benzene rings is 1. The van der Waals surface area contributed by atoms with Crippen molar-refractivity contribution in [2.75, 3.05) is 12.3 Å². The van der Waals surface area contributed by atoms with Gasteiger partial charge < -0.3 is 15.6 Å². The van der Waals surface area contributed by atoms with Crippen molar-refractivity contribution >= 4 is 11.7 Å². The number of carbonyl (C=O) groups is 1. The minimum absolute atomic E-state index is 0.131. The zero-order valence-corrected chi connectivity index (χ0v) is 10.2. The topological polar surface area (TPSA) is 72.5 Å². The third-order valence-electron chi connectivity index (χ3n) is 2.46. The Morgan fingerprint density at radius 1 is 1.32 bits per heavy atom. The number of aliphatic hydroxyl groups is 1. The Morgan fingerprint density at radius 2 is 1.84 bits per heavy atom. The molecule has 0 aliphatic rings. The summed E-state index contributed by atoms with van der Waals surface area (Å²) in [6, 6.07) is 4.93. The Hall–Kier alpha value is -1.76. The van der Waals surface area contributed by atoms with Gasteiger partial charge in [-0.3, -0.25) is 0 Å². The number of nitrogens with two attached hydrogens (primary N) is 1. The van der Waals surface area contributed by atoms with Crippen molar-refractivity contribution in [1.82, 2.24) is 0 Å². The van der Waals surface area contributed by atoms with Crippen LogP contribution in [-0.4, -0.2) is 23.9 Å². The van der Waals surface area contributed by atoms with E-state index < -0.39 is 24.2 Å². The average Bonchev–Trinajstić information content (AvgIpc) is 2.27. The highest BCUT2D eigenvalue weighted by Crippen LogP contribution is 2.36. The van der Waals surface area contributed by atoms with Crippen LogP contribution in [0.1, 0.15) is 18.9 Å². The second kappa shape index (κ2) is 5.48. The van der Waals surface area contributed by atoms with Crippen LogP contribution in [0, 0.1) is 0 Å². The largest absolute Gasteiger partial charge is 0.464 e. The number of ether oxygens (including phenoxy) is 1. The van der Waals surface area contributed by atoms with Crippen molar-refractivity contribution in [3.63, 3.8) is 0 Å². The van der Waals surface area contributed by atoms with Crippen molar-refractivity contribution in [2.45, 2.75) is 25.1 Å². The van der Waals surface area contributed by atoms with Gasteiger partial charge in [0.1, 0.15) is 0 Å². The van der Waals surface area contributed by atoms with Crippen molar-refractivity contribution in [2.24, 2.45) is 0 Å². The van der Waals surface area contributed by atoms with Crippen LogP contribution in [0.5, 0.6) is 0 Å². The SMILES string of the molecule is CCOC(=O)C(O)(CC(F)(F)F)c1ccc(N)cc1. The first-order valence-electron chi connectivity index (χ1n) is 5.51. The summed E-state index contributed by atoms with van der Waals surface area (Å²) in [5.74, 6) is -1.34. The summed E-state index contributed by atoms with van der Waals surface area (Å²) in [5, 5.41) is 10.1. The van der Waals surface area contributed by atoms with E-state index in [0.29, 0.717) is 5.69 Å². The molecule has 19 heavy (non-hydrogen) atoms. The number of anilines is 1. The molecule has 0 fully saturated rings. The summed E-state index contributed by atoms with van der Waals surface area (Å²) >= 11 is 0. The van der Waals surface area contributed by atoms with Gasteiger partial charge in [0, 0.05) is 5.69 Å². The molecule has 0 amide bonds. The molecule has 0 aliphatic heterocycles. The molecule has 0 spiro atoms. The number of carbonyl (C=O) groups excluding carboxylic acids is 1. The lowest BCUT2D eigenvalue weighted by molar-refractivity contribution is -0.200. The van der Waals surface area contributed by atoms with Gasteiger partial charge in [-0.05, 0) is 24.6 Å². The van der Waals surface area contributed by atoms with Gasteiger partial charge in [0.15, 0.2) is 5.60 Å². The van der Waals surface area contributed by atoms with Crippen LogP contribution in [0.4, 0.5) is 18.9 Å². The van der Waals surface area contributed by atoms with Gasteiger partial charge in [0.2, 0.25) is 0 Å². The molecule has 106 valence electrons. The molecule has 1 unspecified atom stereocenters. The Bertz CT molecular complexity index is 445. The Balaban J connectivity index is 3.18. The second-order valence-corrected chi connectivity index (χ2v) is 3.99. The van der Waals surface area contributed by atoms with Gasteiger partial charge in [-0.2, -0.15) is 13.2 Å². The van der Waals surface area contributed by atoms with E-state index in [1.165, 1.54) is 19.1 Å². The predicted molar refractivity (Wildman–Crippen MR) is 62.1 cm³/mol. The quantitative estimate of drug-likeness (QED) is 0.652. The van der Waals surface area contributed by atoms with Crippen LogP contribution < -0.4 is 5.73 Å². The van der Waals surface area contributed by atoms with Crippen LogP contribution in [0.25, 0.3) is 0 Å². The minimum atomic E-state index is -4.72. The number of nitrogen functional groups attached to an aromatic ring is 1. The predicted octanol–water partition coefficient (Wildman–Crippen LogP) is 1.97. The van der Waals surface area contributed by atoms with Crippen LogP contribution in [0.2, 0.25) is 0 Å². The molecule has 0 saturated heterocycles. The number of hydrogen-bond acceptors (Lipinski definition) is 4. The van der Waals surface area contributed by atoms with Crippen molar-refractivity contribution in [1.29, 1.82) is 0 Å². The van der Waals surface area contributed by atoms with E-state index in [2.05, 4.69) is 4.74 Å². The van der Waals surface area contributed by atoms with Crippen molar-refractivity contribution < 1.29 is 27.8 Å². The van der Waals surface area contributed by atoms with Crippen LogP contribution in [0.15, 0.2) is 24.3 Å². The number of esters is 1. The summed E-state index contributed by atoms with van der Waals surface area (Å²) in [4.78, 5) is 11.6. The smallest absolute Gasteiger partial charge is 0.392 e. The number of hydrogen-bond donors (Lipinski definition) is 2. The Morgan fingerprint density at radius 3 is 2.26 bits per heavy atom. The molecular formula is C12H14F3NO3. The van der Waals surface area contributed by atoms with E-state index >= 15 is 0 Å². The summed E-state index contributed by atoms with van der Waals surface area (Å²) < 4.78 is 42.1. The molecule has 0 saturated carbocycles. The highest BCUT2D eigenvalue weighted by molar-refractivity contribution is 5.81.